The van der Waals surface area contributed by atoms with E-state index >= 15 is 0 Å². The predicted molar refractivity (Wildman–Crippen MR) is 104 cm³/mol. The van der Waals surface area contributed by atoms with Crippen molar-refractivity contribution in [3.8, 4) is 5.75 Å². The lowest BCUT2D eigenvalue weighted by molar-refractivity contribution is -0.138. The van der Waals surface area contributed by atoms with E-state index in [0.717, 1.165) is 17.3 Å². The molecule has 1 amide bonds. The number of carboxylic acid groups (broad SMARTS) is 1. The Hall–Kier alpha value is -3.20. The van der Waals surface area contributed by atoms with Crippen LogP contribution in [0, 0.1) is 5.82 Å². The van der Waals surface area contributed by atoms with Crippen LogP contribution < -0.4 is 10.1 Å². The first kappa shape index (κ1) is 19.6. The van der Waals surface area contributed by atoms with E-state index < -0.39 is 17.1 Å². The lowest BCUT2D eigenvalue weighted by atomic mass is 10.2. The smallest absolute Gasteiger partial charge is 0.305 e. The Bertz CT molecular complexity index is 931. The Labute approximate surface area is 164 Å². The number of rotatable bonds is 7. The number of hydrogen-bond acceptors (Lipinski definition) is 6. The summed E-state index contributed by atoms with van der Waals surface area (Å²) < 4.78 is 18.7. The topological polar surface area (TPSA) is 100 Å². The van der Waals surface area contributed by atoms with Crippen LogP contribution in [0.25, 0.3) is 0 Å². The average molecular weight is 401 g/mol. The van der Waals surface area contributed by atoms with Gasteiger partial charge in [-0.2, -0.15) is 5.10 Å². The molecule has 3 rings (SSSR count). The van der Waals surface area contributed by atoms with Crippen LogP contribution in [-0.4, -0.2) is 33.6 Å². The first-order valence-electron chi connectivity index (χ1n) is 8.28. The number of nitrogens with one attached hydrogen (secondary N) is 1. The highest BCUT2D eigenvalue weighted by atomic mass is 32.2. The van der Waals surface area contributed by atoms with Crippen molar-refractivity contribution in [1.29, 1.82) is 0 Å². The quantitative estimate of drug-likeness (QED) is 0.549. The minimum absolute atomic E-state index is 0.247. The first-order chi connectivity index (χ1) is 13.5. The molecule has 2 aromatic rings. The normalized spacial score (nSPS) is 17.8. The maximum atomic E-state index is 13.0. The fourth-order valence-electron chi connectivity index (χ4n) is 2.35. The maximum absolute atomic E-state index is 13.0. The van der Waals surface area contributed by atoms with Crippen LogP contribution in [-0.2, 0) is 16.2 Å². The molecule has 9 heteroatoms. The minimum Gasteiger partial charge on any atom is -0.488 e. The molecule has 0 aliphatic carbocycles. The van der Waals surface area contributed by atoms with Crippen molar-refractivity contribution in [2.75, 3.05) is 0 Å². The number of carbonyl (C=O) groups excluding carboxylic acids is 1. The fraction of sp³-hybridized carbons (Fsp3) is 0.158. The largest absolute Gasteiger partial charge is 0.488 e. The number of halogens is 1. The molecule has 28 heavy (non-hydrogen) atoms. The number of carboxylic acids is 1. The van der Waals surface area contributed by atoms with E-state index in [1.807, 2.05) is 12.1 Å². The number of amides is 1. The van der Waals surface area contributed by atoms with Crippen molar-refractivity contribution in [3.05, 3.63) is 65.5 Å². The second-order valence-corrected chi connectivity index (χ2v) is 6.99. The van der Waals surface area contributed by atoms with E-state index in [-0.39, 0.29) is 24.0 Å². The molecule has 144 valence electrons. The number of benzene rings is 2. The molecule has 1 saturated heterocycles. The molecule has 0 bridgehead atoms. The van der Waals surface area contributed by atoms with Crippen LogP contribution >= 0.6 is 11.8 Å². The number of carbonyl (C=O) groups is 2. The summed E-state index contributed by atoms with van der Waals surface area (Å²) in [5, 5.41) is 18.7. The Kier molecular flexibility index (Phi) is 6.38. The van der Waals surface area contributed by atoms with Crippen molar-refractivity contribution in [3.63, 3.8) is 0 Å². The van der Waals surface area contributed by atoms with Crippen molar-refractivity contribution >= 4 is 35.0 Å². The third kappa shape index (κ3) is 5.40. The fourth-order valence-corrected chi connectivity index (χ4v) is 3.26. The van der Waals surface area contributed by atoms with Gasteiger partial charge in [-0.25, -0.2) is 4.39 Å². The lowest BCUT2D eigenvalue weighted by Gasteiger charge is -2.08. The molecule has 1 aliphatic rings. The van der Waals surface area contributed by atoms with Crippen LogP contribution in [0.15, 0.2) is 58.7 Å². The molecule has 0 spiro atoms. The number of thioether (sulfide) groups is 1. The van der Waals surface area contributed by atoms with Crippen LogP contribution in [0.2, 0.25) is 0 Å². The van der Waals surface area contributed by atoms with Gasteiger partial charge in [-0.15, -0.1) is 5.10 Å². The van der Waals surface area contributed by atoms with Gasteiger partial charge in [0.05, 0.1) is 12.6 Å². The zero-order valence-corrected chi connectivity index (χ0v) is 15.4. The number of aliphatic carboxylic acids is 1. The van der Waals surface area contributed by atoms with Crippen molar-refractivity contribution in [2.24, 2.45) is 10.2 Å². The molecule has 0 aromatic heterocycles. The molecule has 1 heterocycles. The number of amidine groups is 1. The summed E-state index contributed by atoms with van der Waals surface area (Å²) in [4.78, 5) is 22.4. The highest BCUT2D eigenvalue weighted by Gasteiger charge is 2.32. The number of nitrogens with zero attached hydrogens (tertiary/aromatic N) is 2. The van der Waals surface area contributed by atoms with E-state index in [1.165, 1.54) is 18.3 Å². The molecule has 1 aliphatic heterocycles. The molecule has 2 N–H and O–H groups in total. The van der Waals surface area contributed by atoms with Gasteiger partial charge in [-0.05, 0) is 29.8 Å². The molecule has 1 atom stereocenters. The maximum Gasteiger partial charge on any atom is 0.305 e. The van der Waals surface area contributed by atoms with Gasteiger partial charge in [0.25, 0.3) is 0 Å². The van der Waals surface area contributed by atoms with Gasteiger partial charge in [0.1, 0.15) is 23.4 Å². The summed E-state index contributed by atoms with van der Waals surface area (Å²) in [5.41, 5.74) is 1.49. The van der Waals surface area contributed by atoms with Gasteiger partial charge in [0, 0.05) is 5.56 Å². The first-order valence-corrected chi connectivity index (χ1v) is 9.16. The molecule has 2 aromatic carbocycles. The van der Waals surface area contributed by atoms with Crippen molar-refractivity contribution in [1.82, 2.24) is 5.32 Å². The van der Waals surface area contributed by atoms with Gasteiger partial charge in [0.15, 0.2) is 5.17 Å². The predicted octanol–water partition coefficient (Wildman–Crippen LogP) is 2.80. The molecule has 0 radical (unpaired) electrons. The Balaban J connectivity index is 1.63. The Morgan fingerprint density at radius 1 is 1.25 bits per heavy atom. The Morgan fingerprint density at radius 3 is 2.75 bits per heavy atom. The third-order valence-corrected chi connectivity index (χ3v) is 4.78. The van der Waals surface area contributed by atoms with Gasteiger partial charge in [-0.1, -0.05) is 36.0 Å². The molecular formula is C19H16FN3O4S. The van der Waals surface area contributed by atoms with E-state index in [9.17, 15) is 14.0 Å². The third-order valence-electron chi connectivity index (χ3n) is 3.71. The molecule has 7 nitrogen and oxygen atoms in total. The number of ether oxygens (including phenoxy) is 1. The van der Waals surface area contributed by atoms with E-state index in [0.29, 0.717) is 11.3 Å². The van der Waals surface area contributed by atoms with Crippen LogP contribution in [0.5, 0.6) is 5.75 Å². The van der Waals surface area contributed by atoms with Crippen molar-refractivity contribution < 1.29 is 23.8 Å². The van der Waals surface area contributed by atoms with Gasteiger partial charge in [-0.3, -0.25) is 9.59 Å². The van der Waals surface area contributed by atoms with Gasteiger partial charge >= 0.3 is 5.97 Å². The molecule has 1 fully saturated rings. The summed E-state index contributed by atoms with van der Waals surface area (Å²) in [7, 11) is 0. The summed E-state index contributed by atoms with van der Waals surface area (Å²) in [5.74, 6) is -1.19. The average Bonchev–Trinajstić information content (AvgIpc) is 3.01. The summed E-state index contributed by atoms with van der Waals surface area (Å²) >= 11 is 1.03. The van der Waals surface area contributed by atoms with E-state index in [2.05, 4.69) is 15.5 Å². The zero-order chi connectivity index (χ0) is 19.9. The number of para-hydroxylation sites is 1. The summed E-state index contributed by atoms with van der Waals surface area (Å²) in [6.45, 7) is 0.266. The Morgan fingerprint density at radius 2 is 2.00 bits per heavy atom. The van der Waals surface area contributed by atoms with E-state index in [1.54, 1.807) is 24.3 Å². The standard InChI is InChI=1S/C19H16FN3O4S/c20-14-7-5-12(6-8-14)11-27-15-4-2-1-3-13(15)10-21-23-19-22-18(26)16(28-19)9-17(24)25/h1-8,10,16H,9,11H2,(H,24,25)(H,22,23,26)/b21-10-/t16-/m0/s1. The van der Waals surface area contributed by atoms with E-state index in [4.69, 9.17) is 9.84 Å². The SMILES string of the molecule is O=C(O)C[C@@H]1S/C(=N\N=C/c2ccccc2OCc2ccc(F)cc2)NC1=O. The van der Waals surface area contributed by atoms with Crippen molar-refractivity contribution in [2.45, 2.75) is 18.3 Å². The number of hydrogen-bond donors (Lipinski definition) is 2. The second-order valence-electron chi connectivity index (χ2n) is 5.80. The molecule has 0 saturated carbocycles. The molecular weight excluding hydrogens is 385 g/mol. The lowest BCUT2D eigenvalue weighted by Crippen LogP contribution is -2.26. The summed E-state index contributed by atoms with van der Waals surface area (Å²) in [6.07, 6.45) is 1.20. The highest BCUT2D eigenvalue weighted by Crippen LogP contribution is 2.22. The second kappa shape index (κ2) is 9.14. The van der Waals surface area contributed by atoms with Crippen LogP contribution in [0.4, 0.5) is 4.39 Å². The van der Waals surface area contributed by atoms with Gasteiger partial charge in [0.2, 0.25) is 5.91 Å². The van der Waals surface area contributed by atoms with Gasteiger partial charge < -0.3 is 15.2 Å². The minimum atomic E-state index is -1.05. The summed E-state index contributed by atoms with van der Waals surface area (Å²) in [6, 6.07) is 13.2. The highest BCUT2D eigenvalue weighted by molar-refractivity contribution is 8.15. The van der Waals surface area contributed by atoms with Crippen LogP contribution in [0.1, 0.15) is 17.5 Å². The molecule has 0 unspecified atom stereocenters. The van der Waals surface area contributed by atoms with Crippen LogP contribution in [0.3, 0.4) is 0 Å². The zero-order valence-electron chi connectivity index (χ0n) is 14.5. The monoisotopic (exact) mass is 401 g/mol.